The Morgan fingerprint density at radius 2 is 1.67 bits per heavy atom. The van der Waals surface area contributed by atoms with Gasteiger partial charge in [-0.05, 0) is 60.7 Å². The minimum Gasteiger partial charge on any atom is -0.459 e. The van der Waals surface area contributed by atoms with Gasteiger partial charge >= 0.3 is 12.2 Å². The quantitative estimate of drug-likeness (QED) is 0.366. The number of furan rings is 1. The zero-order valence-electron chi connectivity index (χ0n) is 16.5. The summed E-state index contributed by atoms with van der Waals surface area (Å²) in [6.07, 6.45) is -5.42. The van der Waals surface area contributed by atoms with Crippen LogP contribution in [0, 0.1) is 11.7 Å². The summed E-state index contributed by atoms with van der Waals surface area (Å²) in [5, 5.41) is 14.7. The molecule has 0 saturated carbocycles. The molecule has 1 fully saturated rings. The molecule has 3 atom stereocenters. The molecule has 6 nitrogen and oxygen atoms in total. The molecular formula is C22H15ClF4N2O4. The molecule has 4 rings (SSSR count). The Hall–Kier alpha value is -3.37. The van der Waals surface area contributed by atoms with E-state index in [4.69, 9.17) is 16.0 Å². The van der Waals surface area contributed by atoms with Gasteiger partial charge in [-0.2, -0.15) is 13.2 Å². The summed E-state index contributed by atoms with van der Waals surface area (Å²) in [5.41, 5.74) is -3.67. The molecule has 3 aromatic rings. The van der Waals surface area contributed by atoms with Crippen LogP contribution in [0.4, 0.5) is 22.4 Å². The van der Waals surface area contributed by atoms with Crippen LogP contribution in [-0.4, -0.2) is 28.8 Å². The maximum atomic E-state index is 13.9. The third kappa shape index (κ3) is 4.19. The van der Waals surface area contributed by atoms with Crippen LogP contribution >= 0.6 is 11.6 Å². The number of carbonyl (C=O) groups is 2. The molecule has 2 aromatic carbocycles. The van der Waals surface area contributed by atoms with E-state index in [-0.39, 0.29) is 17.1 Å². The van der Waals surface area contributed by atoms with E-state index in [1.807, 2.05) is 0 Å². The van der Waals surface area contributed by atoms with Crippen LogP contribution in [0.1, 0.15) is 22.2 Å². The summed E-state index contributed by atoms with van der Waals surface area (Å²) in [6, 6.07) is 9.84. The van der Waals surface area contributed by atoms with Crippen molar-refractivity contribution in [1.82, 2.24) is 10.6 Å². The Labute approximate surface area is 189 Å². The van der Waals surface area contributed by atoms with Crippen molar-refractivity contribution in [2.45, 2.75) is 17.9 Å². The van der Waals surface area contributed by atoms with Gasteiger partial charge in [0.25, 0.3) is 0 Å². The van der Waals surface area contributed by atoms with Crippen LogP contribution < -0.4 is 10.6 Å². The number of Topliss-reactive ketones (excluding diaryl/α,β-unsaturated/α-hetero) is 1. The standard InChI is InChI=1S/C22H15ClF4N2O4/c23-13-5-1-11(2-6-13)15-9-10-16(33-15)18-17(19(30)12-3-7-14(24)8-4-12)21(32,22(25,26)27)29-20(31)28-18/h1-10,17-18,32H,(H2,28,29,31)/t17-,18-,21-/m1/s1. The predicted molar refractivity (Wildman–Crippen MR) is 109 cm³/mol. The summed E-state index contributed by atoms with van der Waals surface area (Å²) in [5.74, 6) is -4.14. The predicted octanol–water partition coefficient (Wildman–Crippen LogP) is 4.84. The van der Waals surface area contributed by atoms with E-state index in [9.17, 15) is 32.3 Å². The first-order chi connectivity index (χ1) is 15.5. The van der Waals surface area contributed by atoms with E-state index in [1.54, 1.807) is 24.3 Å². The van der Waals surface area contributed by atoms with Crippen LogP contribution in [-0.2, 0) is 0 Å². The third-order valence-electron chi connectivity index (χ3n) is 5.28. The van der Waals surface area contributed by atoms with Gasteiger partial charge in [0.05, 0.1) is 0 Å². The second-order valence-corrected chi connectivity index (χ2v) is 7.83. The van der Waals surface area contributed by atoms with E-state index >= 15 is 0 Å². The minimum atomic E-state index is -5.42. The smallest absolute Gasteiger partial charge is 0.437 e. The Balaban J connectivity index is 1.80. The SMILES string of the molecule is O=C1N[C@H](c2ccc(-c3ccc(Cl)cc3)o2)[C@H](C(=O)c2ccc(F)cc2)[C@@](O)(C(F)(F)F)N1. The first kappa shape index (κ1) is 22.8. The molecule has 2 heterocycles. The molecule has 33 heavy (non-hydrogen) atoms. The fourth-order valence-corrected chi connectivity index (χ4v) is 3.79. The zero-order chi connectivity index (χ0) is 24.0. The molecule has 1 aliphatic heterocycles. The molecule has 3 N–H and O–H groups in total. The summed E-state index contributed by atoms with van der Waals surface area (Å²) in [4.78, 5) is 25.2. The second-order valence-electron chi connectivity index (χ2n) is 7.40. The highest BCUT2D eigenvalue weighted by Gasteiger charge is 2.66. The highest BCUT2D eigenvalue weighted by atomic mass is 35.5. The van der Waals surface area contributed by atoms with E-state index < -0.39 is 41.5 Å². The number of hydrogen-bond donors (Lipinski definition) is 3. The number of rotatable bonds is 4. The van der Waals surface area contributed by atoms with E-state index in [2.05, 4.69) is 5.32 Å². The van der Waals surface area contributed by atoms with Crippen molar-refractivity contribution in [2.75, 3.05) is 0 Å². The third-order valence-corrected chi connectivity index (χ3v) is 5.53. The van der Waals surface area contributed by atoms with Crippen LogP contribution in [0.2, 0.25) is 5.02 Å². The number of benzene rings is 2. The topological polar surface area (TPSA) is 91.6 Å². The first-order valence-electron chi connectivity index (χ1n) is 9.53. The molecule has 1 aromatic heterocycles. The highest BCUT2D eigenvalue weighted by Crippen LogP contribution is 2.44. The summed E-state index contributed by atoms with van der Waals surface area (Å²) < 4.78 is 60.8. The number of carbonyl (C=O) groups excluding carboxylic acids is 2. The van der Waals surface area contributed by atoms with E-state index in [1.165, 1.54) is 17.4 Å². The lowest BCUT2D eigenvalue weighted by atomic mass is 9.79. The Morgan fingerprint density at radius 3 is 2.27 bits per heavy atom. The van der Waals surface area contributed by atoms with Crippen LogP contribution in [0.3, 0.4) is 0 Å². The van der Waals surface area contributed by atoms with Crippen LogP contribution in [0.25, 0.3) is 11.3 Å². The van der Waals surface area contributed by atoms with Gasteiger partial charge in [-0.1, -0.05) is 11.6 Å². The summed E-state index contributed by atoms with van der Waals surface area (Å²) in [7, 11) is 0. The normalized spacial score (nSPS) is 23.0. The van der Waals surface area contributed by atoms with Gasteiger partial charge in [-0.15, -0.1) is 0 Å². The minimum absolute atomic E-state index is 0.196. The average Bonchev–Trinajstić information content (AvgIpc) is 3.23. The zero-order valence-corrected chi connectivity index (χ0v) is 17.2. The van der Waals surface area contributed by atoms with Gasteiger partial charge in [0.2, 0.25) is 5.72 Å². The molecule has 0 aliphatic carbocycles. The molecule has 172 valence electrons. The molecule has 0 unspecified atom stereocenters. The van der Waals surface area contributed by atoms with Crippen molar-refractivity contribution in [3.05, 3.63) is 82.8 Å². The highest BCUT2D eigenvalue weighted by molar-refractivity contribution is 6.30. The molecule has 1 saturated heterocycles. The molecule has 0 bridgehead atoms. The monoisotopic (exact) mass is 482 g/mol. The fraction of sp³-hybridized carbons (Fsp3) is 0.182. The van der Waals surface area contributed by atoms with Gasteiger partial charge in [0, 0.05) is 16.1 Å². The lowest BCUT2D eigenvalue weighted by Crippen LogP contribution is -2.72. The Bertz CT molecular complexity index is 1190. The Morgan fingerprint density at radius 1 is 1.03 bits per heavy atom. The number of alkyl halides is 3. The van der Waals surface area contributed by atoms with Crippen LogP contribution in [0.5, 0.6) is 0 Å². The molecule has 1 aliphatic rings. The van der Waals surface area contributed by atoms with Gasteiger partial charge < -0.3 is 20.2 Å². The average molecular weight is 483 g/mol. The number of aliphatic hydroxyl groups is 1. The largest absolute Gasteiger partial charge is 0.459 e. The number of nitrogens with one attached hydrogen (secondary N) is 2. The fourth-order valence-electron chi connectivity index (χ4n) is 3.66. The van der Waals surface area contributed by atoms with Crippen LogP contribution in [0.15, 0.2) is 65.1 Å². The first-order valence-corrected chi connectivity index (χ1v) is 9.90. The van der Waals surface area contributed by atoms with Gasteiger partial charge in [-0.25, -0.2) is 9.18 Å². The van der Waals surface area contributed by atoms with Crippen molar-refractivity contribution in [3.63, 3.8) is 0 Å². The summed E-state index contributed by atoms with van der Waals surface area (Å²) in [6.45, 7) is 0. The van der Waals surface area contributed by atoms with E-state index in [0.717, 1.165) is 24.3 Å². The van der Waals surface area contributed by atoms with Crippen molar-refractivity contribution in [2.24, 2.45) is 5.92 Å². The maximum Gasteiger partial charge on any atom is 0.437 e. The Kier molecular flexibility index (Phi) is 5.67. The molecule has 11 heteroatoms. The number of halogens is 5. The summed E-state index contributed by atoms with van der Waals surface area (Å²) >= 11 is 5.86. The van der Waals surface area contributed by atoms with Gasteiger partial charge in [-0.3, -0.25) is 4.79 Å². The molecule has 0 spiro atoms. The molecule has 0 radical (unpaired) electrons. The van der Waals surface area contributed by atoms with Crippen molar-refractivity contribution in [1.29, 1.82) is 0 Å². The van der Waals surface area contributed by atoms with Gasteiger partial charge in [0.15, 0.2) is 5.78 Å². The number of amides is 2. The lowest BCUT2D eigenvalue weighted by Gasteiger charge is -2.44. The van der Waals surface area contributed by atoms with E-state index in [0.29, 0.717) is 10.6 Å². The number of hydrogen-bond acceptors (Lipinski definition) is 4. The maximum absolute atomic E-state index is 13.9. The number of ketones is 1. The lowest BCUT2D eigenvalue weighted by molar-refractivity contribution is -0.288. The molecule has 2 amide bonds. The number of urea groups is 1. The molecular weight excluding hydrogens is 468 g/mol. The van der Waals surface area contributed by atoms with Crippen molar-refractivity contribution in [3.8, 4) is 11.3 Å². The second kappa shape index (κ2) is 8.20. The van der Waals surface area contributed by atoms with Crippen molar-refractivity contribution >= 4 is 23.4 Å². The van der Waals surface area contributed by atoms with Crippen molar-refractivity contribution < 1.29 is 36.7 Å². The van der Waals surface area contributed by atoms with Gasteiger partial charge in [0.1, 0.15) is 29.3 Å².